The largest absolute Gasteiger partial charge is 0.461 e. The number of ether oxygens (including phenoxy) is 1. The van der Waals surface area contributed by atoms with E-state index in [1.165, 1.54) is 6.20 Å². The molecule has 0 saturated heterocycles. The third-order valence-corrected chi connectivity index (χ3v) is 4.22. The van der Waals surface area contributed by atoms with Crippen molar-refractivity contribution in [2.75, 3.05) is 11.9 Å². The van der Waals surface area contributed by atoms with Crippen LogP contribution >= 0.6 is 11.3 Å². The smallest absolute Gasteiger partial charge is 0.357 e. The maximum Gasteiger partial charge on any atom is 0.357 e. The average Bonchev–Trinajstić information content (AvgIpc) is 3.22. The summed E-state index contributed by atoms with van der Waals surface area (Å²) in [5, 5.41) is 8.84. The van der Waals surface area contributed by atoms with Crippen LogP contribution in [0.25, 0.3) is 5.69 Å². The molecular weight excluding hydrogens is 340 g/mol. The Hall–Kier alpha value is -3.00. The van der Waals surface area contributed by atoms with E-state index in [0.29, 0.717) is 16.4 Å². The first kappa shape index (κ1) is 16.8. The van der Waals surface area contributed by atoms with E-state index in [2.05, 4.69) is 15.4 Å². The summed E-state index contributed by atoms with van der Waals surface area (Å²) in [6, 6.07) is 9.55. The number of carbonyl (C=O) groups excluding carboxylic acids is 2. The molecule has 0 spiro atoms. The highest BCUT2D eigenvalue weighted by Gasteiger charge is 2.18. The molecule has 0 bridgehead atoms. The molecule has 0 aliphatic rings. The van der Waals surface area contributed by atoms with Crippen LogP contribution in [0.3, 0.4) is 0 Å². The number of carbonyl (C=O) groups is 2. The van der Waals surface area contributed by atoms with E-state index in [1.807, 2.05) is 37.3 Å². The summed E-state index contributed by atoms with van der Waals surface area (Å²) in [5.41, 5.74) is 2.21. The average molecular weight is 356 g/mol. The summed E-state index contributed by atoms with van der Waals surface area (Å²) >= 11 is 1.16. The number of thiazole rings is 1. The van der Waals surface area contributed by atoms with Gasteiger partial charge >= 0.3 is 5.97 Å². The first-order chi connectivity index (χ1) is 12.1. The minimum Gasteiger partial charge on any atom is -0.461 e. The number of benzene rings is 1. The molecule has 2 aromatic heterocycles. The SMILES string of the molecule is CCOC(=O)c1csc(NC(=O)c2cnn(-c3ccccc3)c2C)n1. The van der Waals surface area contributed by atoms with Gasteiger partial charge in [0.1, 0.15) is 0 Å². The number of hydrogen-bond acceptors (Lipinski definition) is 6. The number of nitrogens with one attached hydrogen (secondary N) is 1. The van der Waals surface area contributed by atoms with Crippen molar-refractivity contribution >= 4 is 28.3 Å². The fourth-order valence-corrected chi connectivity index (χ4v) is 2.93. The zero-order valence-electron chi connectivity index (χ0n) is 13.7. The van der Waals surface area contributed by atoms with Crippen LogP contribution in [0.1, 0.15) is 33.5 Å². The number of esters is 1. The standard InChI is InChI=1S/C17H16N4O3S/c1-3-24-16(23)14-10-25-17(19-14)20-15(22)13-9-18-21(11(13)2)12-7-5-4-6-8-12/h4-10H,3H2,1-2H3,(H,19,20,22). The third kappa shape index (κ3) is 3.58. The highest BCUT2D eigenvalue weighted by Crippen LogP contribution is 2.19. The Morgan fingerprint density at radius 3 is 2.76 bits per heavy atom. The lowest BCUT2D eigenvalue weighted by atomic mass is 10.2. The minimum atomic E-state index is -0.507. The van der Waals surface area contributed by atoms with Gasteiger partial charge in [-0.15, -0.1) is 11.3 Å². The topological polar surface area (TPSA) is 86.1 Å². The maximum atomic E-state index is 12.5. The van der Waals surface area contributed by atoms with Crippen molar-refractivity contribution in [3.63, 3.8) is 0 Å². The van der Waals surface area contributed by atoms with E-state index < -0.39 is 5.97 Å². The van der Waals surface area contributed by atoms with E-state index in [9.17, 15) is 9.59 Å². The number of hydrogen-bond donors (Lipinski definition) is 1. The lowest BCUT2D eigenvalue weighted by Gasteiger charge is -2.05. The Kier molecular flexibility index (Phi) is 4.90. The molecule has 1 aromatic carbocycles. The van der Waals surface area contributed by atoms with Gasteiger partial charge < -0.3 is 4.74 Å². The second-order valence-electron chi connectivity index (χ2n) is 5.10. The molecule has 1 amide bonds. The van der Waals surface area contributed by atoms with Gasteiger partial charge in [-0.2, -0.15) is 5.10 Å². The number of amides is 1. The van der Waals surface area contributed by atoms with Crippen LogP contribution in [-0.4, -0.2) is 33.2 Å². The van der Waals surface area contributed by atoms with Crippen LogP contribution in [0.15, 0.2) is 41.9 Å². The van der Waals surface area contributed by atoms with Crippen LogP contribution in [-0.2, 0) is 4.74 Å². The van der Waals surface area contributed by atoms with Crippen LogP contribution in [0, 0.1) is 6.92 Å². The predicted octanol–water partition coefficient (Wildman–Crippen LogP) is 3.07. The summed E-state index contributed by atoms with van der Waals surface area (Å²) in [6.07, 6.45) is 1.51. The molecule has 0 radical (unpaired) electrons. The van der Waals surface area contributed by atoms with E-state index in [1.54, 1.807) is 17.0 Å². The van der Waals surface area contributed by atoms with Gasteiger partial charge in [0.2, 0.25) is 0 Å². The van der Waals surface area contributed by atoms with Gasteiger partial charge in [0.15, 0.2) is 10.8 Å². The summed E-state index contributed by atoms with van der Waals surface area (Å²) in [5.74, 6) is -0.836. The number of para-hydroxylation sites is 1. The molecule has 3 rings (SSSR count). The maximum absolute atomic E-state index is 12.5. The molecule has 1 N–H and O–H groups in total. The lowest BCUT2D eigenvalue weighted by Crippen LogP contribution is -2.13. The Labute approximate surface area is 148 Å². The summed E-state index contributed by atoms with van der Waals surface area (Å²) in [7, 11) is 0. The molecule has 3 aromatic rings. The summed E-state index contributed by atoms with van der Waals surface area (Å²) in [4.78, 5) is 28.2. The Bertz CT molecular complexity index is 902. The normalized spacial score (nSPS) is 10.5. The molecule has 0 atom stereocenters. The zero-order valence-corrected chi connectivity index (χ0v) is 14.5. The number of nitrogens with zero attached hydrogens (tertiary/aromatic N) is 3. The first-order valence-corrected chi connectivity index (χ1v) is 8.52. The van der Waals surface area contributed by atoms with Crippen molar-refractivity contribution in [1.82, 2.24) is 14.8 Å². The minimum absolute atomic E-state index is 0.179. The monoisotopic (exact) mass is 356 g/mol. The molecule has 0 aliphatic heterocycles. The molecule has 25 heavy (non-hydrogen) atoms. The summed E-state index contributed by atoms with van der Waals surface area (Å²) < 4.78 is 6.58. The van der Waals surface area contributed by atoms with Crippen LogP contribution < -0.4 is 5.32 Å². The van der Waals surface area contributed by atoms with Gasteiger partial charge in [-0.1, -0.05) is 18.2 Å². The molecule has 2 heterocycles. The number of aromatic nitrogens is 3. The second kappa shape index (κ2) is 7.27. The van der Waals surface area contributed by atoms with Crippen molar-refractivity contribution in [3.8, 4) is 5.69 Å². The van der Waals surface area contributed by atoms with Gasteiger partial charge in [0, 0.05) is 5.38 Å². The zero-order chi connectivity index (χ0) is 17.8. The third-order valence-electron chi connectivity index (χ3n) is 3.46. The van der Waals surface area contributed by atoms with Crippen LogP contribution in [0.4, 0.5) is 5.13 Å². The molecule has 8 heteroatoms. The first-order valence-electron chi connectivity index (χ1n) is 7.64. The van der Waals surface area contributed by atoms with Crippen LogP contribution in [0.5, 0.6) is 0 Å². The van der Waals surface area contributed by atoms with Crippen molar-refractivity contribution < 1.29 is 14.3 Å². The van der Waals surface area contributed by atoms with Crippen LogP contribution in [0.2, 0.25) is 0 Å². The molecular formula is C17H16N4O3S. The van der Waals surface area contributed by atoms with Crippen molar-refractivity contribution in [2.24, 2.45) is 0 Å². The van der Waals surface area contributed by atoms with Crippen molar-refractivity contribution in [3.05, 3.63) is 58.9 Å². The fraction of sp³-hybridized carbons (Fsp3) is 0.176. The molecule has 128 valence electrons. The van der Waals surface area contributed by atoms with E-state index in [4.69, 9.17) is 4.74 Å². The molecule has 0 unspecified atom stereocenters. The molecule has 0 aliphatic carbocycles. The second-order valence-corrected chi connectivity index (χ2v) is 5.96. The Balaban J connectivity index is 1.76. The van der Waals surface area contributed by atoms with E-state index in [0.717, 1.165) is 17.0 Å². The lowest BCUT2D eigenvalue weighted by molar-refractivity contribution is 0.0520. The fourth-order valence-electron chi connectivity index (χ4n) is 2.26. The molecule has 0 fully saturated rings. The van der Waals surface area contributed by atoms with Gasteiger partial charge in [-0.3, -0.25) is 10.1 Å². The van der Waals surface area contributed by atoms with Gasteiger partial charge in [-0.05, 0) is 26.0 Å². The van der Waals surface area contributed by atoms with Crippen molar-refractivity contribution in [2.45, 2.75) is 13.8 Å². The predicted molar refractivity (Wildman–Crippen MR) is 94.3 cm³/mol. The highest BCUT2D eigenvalue weighted by molar-refractivity contribution is 7.14. The Morgan fingerprint density at radius 2 is 2.04 bits per heavy atom. The van der Waals surface area contributed by atoms with Gasteiger partial charge in [0.05, 0.1) is 29.7 Å². The highest BCUT2D eigenvalue weighted by atomic mass is 32.1. The van der Waals surface area contributed by atoms with E-state index in [-0.39, 0.29) is 18.2 Å². The number of anilines is 1. The molecule has 0 saturated carbocycles. The van der Waals surface area contributed by atoms with E-state index >= 15 is 0 Å². The van der Waals surface area contributed by atoms with Crippen molar-refractivity contribution in [1.29, 1.82) is 0 Å². The quantitative estimate of drug-likeness (QED) is 0.710. The van der Waals surface area contributed by atoms with Gasteiger partial charge in [0.25, 0.3) is 5.91 Å². The number of rotatable bonds is 5. The molecule has 7 nitrogen and oxygen atoms in total. The summed E-state index contributed by atoms with van der Waals surface area (Å²) in [6.45, 7) is 3.82. The Morgan fingerprint density at radius 1 is 1.28 bits per heavy atom. The van der Waals surface area contributed by atoms with Gasteiger partial charge in [-0.25, -0.2) is 14.5 Å².